The first kappa shape index (κ1) is 26.1. The van der Waals surface area contributed by atoms with Gasteiger partial charge in [-0.3, -0.25) is 19.3 Å². The van der Waals surface area contributed by atoms with Crippen LogP contribution in [0.3, 0.4) is 0 Å². The number of hydrogen-bond acceptors (Lipinski definition) is 5. The molecule has 2 N–H and O–H groups in total. The van der Waals surface area contributed by atoms with Crippen LogP contribution in [0.4, 0.5) is 0 Å². The van der Waals surface area contributed by atoms with Crippen molar-refractivity contribution < 1.29 is 19.1 Å². The number of hydrogen-bond donors (Lipinski definition) is 2. The van der Waals surface area contributed by atoms with Crippen LogP contribution in [0.2, 0.25) is 0 Å². The molecule has 0 spiro atoms. The van der Waals surface area contributed by atoms with Crippen LogP contribution >= 0.6 is 0 Å². The summed E-state index contributed by atoms with van der Waals surface area (Å²) in [5, 5.41) is 5.88. The van der Waals surface area contributed by atoms with Crippen molar-refractivity contribution in [2.45, 2.75) is 44.4 Å². The molecule has 0 radical (unpaired) electrons. The lowest BCUT2D eigenvalue weighted by molar-refractivity contribution is -0.143. The van der Waals surface area contributed by atoms with Gasteiger partial charge >= 0.3 is 5.97 Å². The summed E-state index contributed by atoms with van der Waals surface area (Å²) in [7, 11) is 0. The molecule has 1 heterocycles. The summed E-state index contributed by atoms with van der Waals surface area (Å²) in [5.74, 6) is -1.03. The fraction of sp³-hybridized carbons (Fsp3) is 0.300. The maximum Gasteiger partial charge on any atom is 0.325 e. The van der Waals surface area contributed by atoms with Gasteiger partial charge in [0.2, 0.25) is 11.8 Å². The molecule has 37 heavy (non-hydrogen) atoms. The van der Waals surface area contributed by atoms with Gasteiger partial charge in [0.1, 0.15) is 18.1 Å². The van der Waals surface area contributed by atoms with Gasteiger partial charge in [0.15, 0.2) is 0 Å². The lowest BCUT2D eigenvalue weighted by Crippen LogP contribution is -2.50. The first-order valence-electron chi connectivity index (χ1n) is 12.7. The van der Waals surface area contributed by atoms with Gasteiger partial charge in [-0.25, -0.2) is 0 Å². The number of carbonyl (C=O) groups is 3. The number of carbonyl (C=O) groups excluding carboxylic acids is 3. The number of nitrogens with zero attached hydrogens (tertiary/aromatic N) is 1. The van der Waals surface area contributed by atoms with Crippen molar-refractivity contribution in [1.82, 2.24) is 15.5 Å². The molecule has 1 unspecified atom stereocenters. The number of amides is 2. The zero-order valence-corrected chi connectivity index (χ0v) is 21.0. The maximum atomic E-state index is 13.4. The Balaban J connectivity index is 1.44. The molecule has 3 aromatic rings. The number of rotatable bonds is 12. The van der Waals surface area contributed by atoms with Gasteiger partial charge in [-0.1, -0.05) is 91.0 Å². The Bertz CT molecular complexity index is 1170. The fourth-order valence-electron chi connectivity index (χ4n) is 4.47. The molecule has 0 aromatic heterocycles. The van der Waals surface area contributed by atoms with E-state index < -0.39 is 24.1 Å². The minimum atomic E-state index is -0.771. The van der Waals surface area contributed by atoms with Crippen LogP contribution in [0.15, 0.2) is 91.0 Å². The SMILES string of the molecule is CCOC(=O)[C@@H]1[C@@H](C(=O)N[C@@H](Cc2ccccc2)C(=O)NCCc2ccccc2)N1Cc1ccccc1. The van der Waals surface area contributed by atoms with E-state index in [-0.39, 0.29) is 18.4 Å². The summed E-state index contributed by atoms with van der Waals surface area (Å²) in [4.78, 5) is 40.9. The molecule has 7 nitrogen and oxygen atoms in total. The zero-order chi connectivity index (χ0) is 26.0. The van der Waals surface area contributed by atoms with E-state index in [1.165, 1.54) is 0 Å². The highest BCUT2D eigenvalue weighted by Crippen LogP contribution is 2.32. The third-order valence-corrected chi connectivity index (χ3v) is 6.40. The van der Waals surface area contributed by atoms with Crippen molar-refractivity contribution in [3.05, 3.63) is 108 Å². The van der Waals surface area contributed by atoms with Crippen molar-refractivity contribution in [2.24, 2.45) is 0 Å². The van der Waals surface area contributed by atoms with Gasteiger partial charge in [-0.2, -0.15) is 0 Å². The van der Waals surface area contributed by atoms with E-state index in [9.17, 15) is 14.4 Å². The predicted molar refractivity (Wildman–Crippen MR) is 141 cm³/mol. The zero-order valence-electron chi connectivity index (χ0n) is 21.0. The lowest BCUT2D eigenvalue weighted by atomic mass is 10.0. The monoisotopic (exact) mass is 499 g/mol. The predicted octanol–water partition coefficient (Wildman–Crippen LogP) is 2.89. The van der Waals surface area contributed by atoms with Crippen molar-refractivity contribution in [3.63, 3.8) is 0 Å². The molecular formula is C30H33N3O4. The Kier molecular flexibility index (Phi) is 9.05. The smallest absolute Gasteiger partial charge is 0.325 e. The van der Waals surface area contributed by atoms with Crippen LogP contribution in [0.1, 0.15) is 23.6 Å². The average Bonchev–Trinajstić information content (AvgIpc) is 3.64. The molecule has 0 bridgehead atoms. The molecule has 4 rings (SSSR count). The second-order valence-corrected chi connectivity index (χ2v) is 9.08. The molecular weight excluding hydrogens is 466 g/mol. The van der Waals surface area contributed by atoms with Crippen molar-refractivity contribution in [3.8, 4) is 0 Å². The largest absolute Gasteiger partial charge is 0.465 e. The summed E-state index contributed by atoms with van der Waals surface area (Å²) >= 11 is 0. The van der Waals surface area contributed by atoms with E-state index >= 15 is 0 Å². The maximum absolute atomic E-state index is 13.4. The molecule has 192 valence electrons. The Labute approximate surface area is 217 Å². The van der Waals surface area contributed by atoms with Gasteiger partial charge < -0.3 is 15.4 Å². The molecule has 0 aliphatic carbocycles. The summed E-state index contributed by atoms with van der Waals surface area (Å²) in [6.45, 7) is 2.88. The number of benzene rings is 3. The molecule has 1 saturated heterocycles. The van der Waals surface area contributed by atoms with Crippen LogP contribution in [0.5, 0.6) is 0 Å². The Morgan fingerprint density at radius 2 is 1.38 bits per heavy atom. The minimum Gasteiger partial charge on any atom is -0.465 e. The summed E-state index contributed by atoms with van der Waals surface area (Å²) in [6, 6.07) is 27.0. The Morgan fingerprint density at radius 1 is 0.811 bits per heavy atom. The van der Waals surface area contributed by atoms with Gasteiger partial charge in [0.05, 0.1) is 6.61 Å². The molecule has 1 fully saturated rings. The third kappa shape index (κ3) is 7.27. The third-order valence-electron chi connectivity index (χ3n) is 6.40. The highest BCUT2D eigenvalue weighted by Gasteiger charge is 2.58. The van der Waals surface area contributed by atoms with Gasteiger partial charge in [0.25, 0.3) is 0 Å². The van der Waals surface area contributed by atoms with E-state index in [4.69, 9.17) is 4.74 Å². The Hall–Kier alpha value is -3.97. The second kappa shape index (κ2) is 12.8. The summed E-state index contributed by atoms with van der Waals surface area (Å²) in [6.07, 6.45) is 1.04. The summed E-state index contributed by atoms with van der Waals surface area (Å²) in [5.41, 5.74) is 3.05. The standard InChI is InChI=1S/C30H33N3O4/c1-2-37-30(36)27-26(33(27)21-24-16-10-5-11-17-24)29(35)32-25(20-23-14-8-4-9-15-23)28(34)31-19-18-22-12-6-3-7-13-22/h3-17,25-27H,2,18-21H2,1H3,(H,31,34)(H,32,35)/t25-,26-,27-,33?/m0/s1. The Morgan fingerprint density at radius 3 is 1.97 bits per heavy atom. The van der Waals surface area contributed by atoms with Crippen LogP contribution < -0.4 is 10.6 Å². The molecule has 2 amide bonds. The average molecular weight is 500 g/mol. The highest BCUT2D eigenvalue weighted by atomic mass is 16.5. The second-order valence-electron chi connectivity index (χ2n) is 9.08. The first-order chi connectivity index (χ1) is 18.1. The number of esters is 1. The number of ether oxygens (including phenoxy) is 1. The first-order valence-corrected chi connectivity index (χ1v) is 12.7. The minimum absolute atomic E-state index is 0.239. The molecule has 1 aliphatic rings. The van der Waals surface area contributed by atoms with Gasteiger partial charge in [0, 0.05) is 19.5 Å². The van der Waals surface area contributed by atoms with E-state index in [1.54, 1.807) is 11.8 Å². The van der Waals surface area contributed by atoms with E-state index in [0.29, 0.717) is 25.9 Å². The van der Waals surface area contributed by atoms with Crippen molar-refractivity contribution >= 4 is 17.8 Å². The highest BCUT2D eigenvalue weighted by molar-refractivity contribution is 5.97. The molecule has 1 aliphatic heterocycles. The van der Waals surface area contributed by atoms with Crippen molar-refractivity contribution in [2.75, 3.05) is 13.2 Å². The van der Waals surface area contributed by atoms with Crippen LogP contribution in [0, 0.1) is 0 Å². The molecule has 4 atom stereocenters. The molecule has 3 aromatic carbocycles. The quantitative estimate of drug-likeness (QED) is 0.296. The van der Waals surface area contributed by atoms with E-state index in [0.717, 1.165) is 16.7 Å². The van der Waals surface area contributed by atoms with Crippen molar-refractivity contribution in [1.29, 1.82) is 0 Å². The number of nitrogens with one attached hydrogen (secondary N) is 2. The van der Waals surface area contributed by atoms with Gasteiger partial charge in [-0.05, 0) is 30.0 Å². The van der Waals surface area contributed by atoms with Crippen LogP contribution in [-0.2, 0) is 38.5 Å². The van der Waals surface area contributed by atoms with E-state index in [1.807, 2.05) is 91.0 Å². The van der Waals surface area contributed by atoms with Crippen LogP contribution in [-0.4, -0.2) is 54.0 Å². The topological polar surface area (TPSA) is 87.5 Å². The normalized spacial score (nSPS) is 18.9. The fourth-order valence-corrected chi connectivity index (χ4v) is 4.47. The van der Waals surface area contributed by atoms with Crippen LogP contribution in [0.25, 0.3) is 0 Å². The van der Waals surface area contributed by atoms with Gasteiger partial charge in [-0.15, -0.1) is 0 Å². The van der Waals surface area contributed by atoms with E-state index in [2.05, 4.69) is 10.6 Å². The summed E-state index contributed by atoms with van der Waals surface area (Å²) < 4.78 is 5.22. The lowest BCUT2D eigenvalue weighted by Gasteiger charge is -2.19. The molecule has 0 saturated carbocycles. The molecule has 7 heteroatoms.